The summed E-state index contributed by atoms with van der Waals surface area (Å²) < 4.78 is 0. The number of anilines is 2. The van der Waals surface area contributed by atoms with Crippen LogP contribution in [0.15, 0.2) is 18.0 Å². The molecule has 0 bridgehead atoms. The van der Waals surface area contributed by atoms with Gasteiger partial charge in [0.15, 0.2) is 0 Å². The van der Waals surface area contributed by atoms with E-state index in [1.54, 1.807) is 6.92 Å². The quantitative estimate of drug-likeness (QED) is 0.457. The van der Waals surface area contributed by atoms with Gasteiger partial charge in [0.25, 0.3) is 5.91 Å². The van der Waals surface area contributed by atoms with Gasteiger partial charge >= 0.3 is 0 Å². The van der Waals surface area contributed by atoms with Gasteiger partial charge in [-0.2, -0.15) is 4.98 Å². The van der Waals surface area contributed by atoms with Crippen LogP contribution in [0.3, 0.4) is 0 Å². The van der Waals surface area contributed by atoms with Crippen LogP contribution >= 0.6 is 0 Å². The third-order valence-electron chi connectivity index (χ3n) is 5.72. The van der Waals surface area contributed by atoms with Crippen molar-refractivity contribution in [1.29, 1.82) is 0 Å². The van der Waals surface area contributed by atoms with E-state index in [0.29, 0.717) is 24.1 Å². The average Bonchev–Trinajstić information content (AvgIpc) is 2.90. The molecule has 0 spiro atoms. The number of rotatable bonds is 7. The number of hydrogen-bond donors (Lipinski definition) is 5. The van der Waals surface area contributed by atoms with Crippen LogP contribution in [0.1, 0.15) is 68.6 Å². The van der Waals surface area contributed by atoms with Crippen LogP contribution < -0.4 is 21.7 Å². The van der Waals surface area contributed by atoms with Gasteiger partial charge in [0.1, 0.15) is 11.4 Å². The summed E-state index contributed by atoms with van der Waals surface area (Å²) in [5.74, 6) is 0.687. The number of aliphatic hydroxyl groups is 1. The largest absolute Gasteiger partial charge is 0.393 e. The topological polar surface area (TPSA) is 142 Å². The highest BCUT2D eigenvalue weighted by atomic mass is 16.3. The summed E-state index contributed by atoms with van der Waals surface area (Å²) in [6, 6.07) is 0.267. The molecule has 1 saturated carbocycles. The van der Waals surface area contributed by atoms with Crippen molar-refractivity contribution in [3.8, 4) is 0 Å². The van der Waals surface area contributed by atoms with Gasteiger partial charge in [-0.25, -0.2) is 4.98 Å². The van der Waals surface area contributed by atoms with E-state index < -0.39 is 12.0 Å². The summed E-state index contributed by atoms with van der Waals surface area (Å²) in [4.78, 5) is 31.7. The van der Waals surface area contributed by atoms with Crippen LogP contribution in [0.25, 0.3) is 0 Å². The van der Waals surface area contributed by atoms with Crippen molar-refractivity contribution in [1.82, 2.24) is 15.3 Å². The molecule has 1 aromatic heterocycles. The Balaban J connectivity index is 1.61. The van der Waals surface area contributed by atoms with Crippen LogP contribution in [0, 0.1) is 5.92 Å². The van der Waals surface area contributed by atoms with Crippen LogP contribution in [-0.2, 0) is 4.79 Å². The lowest BCUT2D eigenvalue weighted by atomic mass is 9.86. The minimum Gasteiger partial charge on any atom is -0.393 e. The van der Waals surface area contributed by atoms with Gasteiger partial charge in [0, 0.05) is 37.8 Å². The zero-order chi connectivity index (χ0) is 21.5. The number of amides is 2. The lowest BCUT2D eigenvalue weighted by molar-refractivity contribution is -0.119. The number of allylic oxidation sites excluding steroid dienone is 1. The Kier molecular flexibility index (Phi) is 7.62. The van der Waals surface area contributed by atoms with Gasteiger partial charge < -0.3 is 26.8 Å². The smallest absolute Gasteiger partial charge is 0.254 e. The predicted octanol–water partition coefficient (Wildman–Crippen LogP) is 1.91. The number of aromatic nitrogens is 2. The SMILES string of the molecule is CC(=O)N[C@H]1CC[C@H](CNc2ncc(C(N)=O)c(NC3=CCCC[C@H](O)C3)n2)CC1. The molecular formula is C21H32N6O3. The Hall–Kier alpha value is -2.68. The molecule has 9 heteroatoms. The second-order valence-corrected chi connectivity index (χ2v) is 8.26. The summed E-state index contributed by atoms with van der Waals surface area (Å²) >= 11 is 0. The molecule has 1 aromatic rings. The Morgan fingerprint density at radius 3 is 2.70 bits per heavy atom. The predicted molar refractivity (Wildman–Crippen MR) is 115 cm³/mol. The van der Waals surface area contributed by atoms with E-state index in [0.717, 1.165) is 57.2 Å². The Labute approximate surface area is 176 Å². The Morgan fingerprint density at radius 2 is 2.00 bits per heavy atom. The van der Waals surface area contributed by atoms with Crippen LogP contribution in [0.2, 0.25) is 0 Å². The maximum absolute atomic E-state index is 11.8. The van der Waals surface area contributed by atoms with E-state index in [9.17, 15) is 14.7 Å². The van der Waals surface area contributed by atoms with Crippen LogP contribution in [0.4, 0.5) is 11.8 Å². The molecule has 9 nitrogen and oxygen atoms in total. The number of carbonyl (C=O) groups is 2. The first-order chi connectivity index (χ1) is 14.4. The molecule has 1 fully saturated rings. The number of carbonyl (C=O) groups excluding carboxylic acids is 2. The van der Waals surface area contributed by atoms with Gasteiger partial charge in [-0.15, -0.1) is 0 Å². The Bertz CT molecular complexity index is 789. The molecule has 3 rings (SSSR count). The van der Waals surface area contributed by atoms with Crippen LogP contribution in [0.5, 0.6) is 0 Å². The molecule has 1 heterocycles. The maximum atomic E-state index is 11.8. The number of nitrogens with zero attached hydrogens (tertiary/aromatic N) is 2. The van der Waals surface area contributed by atoms with Gasteiger partial charge in [-0.1, -0.05) is 6.08 Å². The number of nitrogens with two attached hydrogens (primary N) is 1. The van der Waals surface area contributed by atoms with E-state index in [4.69, 9.17) is 5.73 Å². The maximum Gasteiger partial charge on any atom is 0.254 e. The third kappa shape index (κ3) is 6.41. The molecule has 0 radical (unpaired) electrons. The normalized spacial score (nSPS) is 24.3. The Morgan fingerprint density at radius 1 is 1.23 bits per heavy atom. The van der Waals surface area contributed by atoms with Crippen molar-refractivity contribution in [2.75, 3.05) is 17.2 Å². The fourth-order valence-corrected chi connectivity index (χ4v) is 4.10. The number of primary amides is 1. The highest BCUT2D eigenvalue weighted by Gasteiger charge is 2.22. The lowest BCUT2D eigenvalue weighted by Gasteiger charge is -2.29. The molecule has 0 aliphatic heterocycles. The van der Waals surface area contributed by atoms with Crippen molar-refractivity contribution in [3.63, 3.8) is 0 Å². The van der Waals surface area contributed by atoms with Gasteiger partial charge in [0.05, 0.1) is 6.10 Å². The first-order valence-electron chi connectivity index (χ1n) is 10.7. The molecule has 0 saturated heterocycles. The first-order valence-corrected chi connectivity index (χ1v) is 10.7. The molecule has 0 aromatic carbocycles. The summed E-state index contributed by atoms with van der Waals surface area (Å²) in [6.45, 7) is 2.28. The molecule has 2 amide bonds. The summed E-state index contributed by atoms with van der Waals surface area (Å²) in [7, 11) is 0. The molecule has 0 unspecified atom stereocenters. The molecule has 30 heavy (non-hydrogen) atoms. The zero-order valence-corrected chi connectivity index (χ0v) is 17.5. The summed E-state index contributed by atoms with van der Waals surface area (Å²) in [5, 5.41) is 19.4. The lowest BCUT2D eigenvalue weighted by Crippen LogP contribution is -2.37. The van der Waals surface area contributed by atoms with Crippen molar-refractivity contribution in [2.45, 2.75) is 70.4 Å². The first kappa shape index (κ1) is 22.0. The second kappa shape index (κ2) is 10.4. The van der Waals surface area contributed by atoms with Crippen molar-refractivity contribution >= 4 is 23.6 Å². The molecule has 2 aliphatic rings. The highest BCUT2D eigenvalue weighted by Crippen LogP contribution is 2.25. The van der Waals surface area contributed by atoms with Gasteiger partial charge in [-0.3, -0.25) is 9.59 Å². The van der Waals surface area contributed by atoms with Crippen molar-refractivity contribution in [3.05, 3.63) is 23.5 Å². The fourth-order valence-electron chi connectivity index (χ4n) is 4.10. The van der Waals surface area contributed by atoms with E-state index in [1.807, 2.05) is 6.08 Å². The highest BCUT2D eigenvalue weighted by molar-refractivity contribution is 5.97. The minimum absolute atomic E-state index is 0.0239. The molecule has 164 valence electrons. The average molecular weight is 417 g/mol. The molecular weight excluding hydrogens is 384 g/mol. The van der Waals surface area contributed by atoms with E-state index >= 15 is 0 Å². The van der Waals surface area contributed by atoms with Gasteiger partial charge in [-0.05, 0) is 50.9 Å². The van der Waals surface area contributed by atoms with Gasteiger partial charge in [0.2, 0.25) is 11.9 Å². The van der Waals surface area contributed by atoms with E-state index in [1.165, 1.54) is 6.20 Å². The number of nitrogens with one attached hydrogen (secondary N) is 3. The third-order valence-corrected chi connectivity index (χ3v) is 5.72. The van der Waals surface area contributed by atoms with Crippen molar-refractivity contribution in [2.24, 2.45) is 11.7 Å². The number of hydrogen-bond acceptors (Lipinski definition) is 7. The minimum atomic E-state index is -0.602. The van der Waals surface area contributed by atoms with Crippen molar-refractivity contribution < 1.29 is 14.7 Å². The monoisotopic (exact) mass is 416 g/mol. The molecule has 1 atom stereocenters. The van der Waals surface area contributed by atoms with E-state index in [-0.39, 0.29) is 17.5 Å². The molecule has 6 N–H and O–H groups in total. The van der Waals surface area contributed by atoms with Crippen LogP contribution in [-0.4, -0.2) is 45.6 Å². The second-order valence-electron chi connectivity index (χ2n) is 8.26. The zero-order valence-electron chi connectivity index (χ0n) is 17.5. The fraction of sp³-hybridized carbons (Fsp3) is 0.619. The molecule has 2 aliphatic carbocycles. The number of aliphatic hydroxyl groups excluding tert-OH is 1. The summed E-state index contributed by atoms with van der Waals surface area (Å²) in [5.41, 5.74) is 6.54. The van der Waals surface area contributed by atoms with E-state index in [2.05, 4.69) is 25.9 Å². The summed E-state index contributed by atoms with van der Waals surface area (Å²) in [6.07, 6.45) is 10.1. The standard InChI is InChI=1S/C21H32N6O3/c1-13(28)25-15-8-6-14(7-9-15)11-23-21-24-12-18(19(22)30)20(27-21)26-16-4-2-3-5-17(29)10-16/h4,12,14-15,17,29H,2-3,5-11H2,1H3,(H2,22,30)(H,25,28)(H2,23,24,26,27)/t14-,15-,17-/m0/s1.